The van der Waals surface area contributed by atoms with Crippen molar-refractivity contribution < 1.29 is 73.8 Å². The van der Waals surface area contributed by atoms with Gasteiger partial charge in [-0.15, -0.1) is 0 Å². The van der Waals surface area contributed by atoms with Crippen molar-refractivity contribution in [1.82, 2.24) is 0 Å². The molecule has 15 nitrogen and oxygen atoms in total. The van der Waals surface area contributed by atoms with Crippen molar-refractivity contribution in [2.75, 3.05) is 26.4 Å². The molecule has 0 aromatic rings. The Hall–Kier alpha value is -2.80. The molecule has 11 atom stereocenters. The highest BCUT2D eigenvalue weighted by Crippen LogP contribution is 2.27. The first-order chi connectivity index (χ1) is 36.0. The van der Waals surface area contributed by atoms with E-state index in [0.717, 1.165) is 70.6 Å². The first-order valence-corrected chi connectivity index (χ1v) is 28.9. The number of aliphatic hydroxyl groups excluding tert-OH is 7. The van der Waals surface area contributed by atoms with Crippen molar-refractivity contribution in [3.63, 3.8) is 0 Å². The summed E-state index contributed by atoms with van der Waals surface area (Å²) in [7, 11) is 0. The van der Waals surface area contributed by atoms with Gasteiger partial charge in [-0.25, -0.2) is 0 Å². The van der Waals surface area contributed by atoms with Gasteiger partial charge in [-0.05, 0) is 77.0 Å². The number of rotatable bonds is 45. The van der Waals surface area contributed by atoms with E-state index in [1.807, 2.05) is 0 Å². The summed E-state index contributed by atoms with van der Waals surface area (Å²) in [6, 6.07) is 0. The number of carbonyl (C=O) groups is 2. The van der Waals surface area contributed by atoms with E-state index in [2.05, 4.69) is 74.6 Å². The van der Waals surface area contributed by atoms with E-state index >= 15 is 0 Å². The Morgan fingerprint density at radius 3 is 1.43 bits per heavy atom. The average molecular weight is 1050 g/mol. The molecule has 0 spiro atoms. The molecular formula is C59H102O15. The number of hydrogen-bond acceptors (Lipinski definition) is 15. The molecule has 428 valence electrons. The van der Waals surface area contributed by atoms with Crippen LogP contribution < -0.4 is 0 Å². The summed E-state index contributed by atoms with van der Waals surface area (Å²) in [5.41, 5.74) is 0. The molecule has 7 N–H and O–H groups in total. The van der Waals surface area contributed by atoms with Crippen LogP contribution in [-0.4, -0.2) is 142 Å². The van der Waals surface area contributed by atoms with E-state index in [1.165, 1.54) is 89.9 Å². The molecule has 15 heteroatoms. The molecule has 0 saturated carbocycles. The van der Waals surface area contributed by atoms with Crippen LogP contribution in [0.25, 0.3) is 0 Å². The second-order valence-electron chi connectivity index (χ2n) is 20.1. The predicted molar refractivity (Wildman–Crippen MR) is 289 cm³/mol. The minimum atomic E-state index is -1.78. The topological polar surface area (TPSA) is 231 Å². The molecule has 2 saturated heterocycles. The summed E-state index contributed by atoms with van der Waals surface area (Å²) < 4.78 is 33.6. The molecule has 4 unspecified atom stereocenters. The van der Waals surface area contributed by atoms with Gasteiger partial charge in [0, 0.05) is 12.8 Å². The lowest BCUT2D eigenvalue weighted by molar-refractivity contribution is -0.332. The zero-order valence-corrected chi connectivity index (χ0v) is 45.6. The summed E-state index contributed by atoms with van der Waals surface area (Å²) >= 11 is 0. The number of carbonyl (C=O) groups excluding carboxylic acids is 2. The monoisotopic (exact) mass is 1050 g/mol. The maximum absolute atomic E-state index is 13.0. The number of aliphatic hydroxyl groups is 7. The third kappa shape index (κ3) is 32.1. The fourth-order valence-electron chi connectivity index (χ4n) is 8.78. The standard InChI is InChI=1S/C59H102O15/c1-3-5-7-9-11-13-15-17-19-20-21-22-23-24-25-26-28-29-31-33-35-37-39-41-50(61)69-44-47(72-51(62)42-40-38-36-34-32-30-27-18-16-14-12-10-8-6-4-2)45-70-58-57(68)55(66)53(64)49(74-58)46-71-59-56(67)54(65)52(63)48(43-60)73-59/h6,8,12,14,18,26-28,33,35,47-49,52-60,63-68H,3-5,7,9-11,13,15-17,19-25,29-32,34,36-46H2,1-2H3/b8-6+,14-12+,27-18+,28-26+,35-33+/t47-,48+,49+,52-,53-,54?,55?,56?,57?,58+,59+/m0/s1. The smallest absolute Gasteiger partial charge is 0.306 e. The maximum atomic E-state index is 13.0. The summed E-state index contributed by atoms with van der Waals surface area (Å²) in [6.45, 7) is 2.44. The number of ether oxygens (including phenoxy) is 6. The van der Waals surface area contributed by atoms with Gasteiger partial charge in [-0.3, -0.25) is 9.59 Å². The number of unbranched alkanes of at least 4 members (excludes halogenated alkanes) is 21. The molecule has 2 fully saturated rings. The van der Waals surface area contributed by atoms with E-state index in [9.17, 15) is 45.3 Å². The quantitative estimate of drug-likeness (QED) is 0.0171. The third-order valence-corrected chi connectivity index (χ3v) is 13.5. The predicted octanol–water partition coefficient (Wildman–Crippen LogP) is 9.61. The van der Waals surface area contributed by atoms with Crippen molar-refractivity contribution >= 4 is 11.9 Å². The molecule has 0 aromatic carbocycles. The second kappa shape index (κ2) is 45.2. The van der Waals surface area contributed by atoms with Crippen LogP contribution >= 0.6 is 0 Å². The Labute approximate surface area is 445 Å². The normalized spacial score (nSPS) is 25.1. The first-order valence-electron chi connectivity index (χ1n) is 28.9. The molecule has 2 rings (SSSR count). The van der Waals surface area contributed by atoms with E-state index in [-0.39, 0.29) is 19.4 Å². The Balaban J connectivity index is 1.76. The molecule has 2 aliphatic heterocycles. The lowest BCUT2D eigenvalue weighted by atomic mass is 9.98. The summed E-state index contributed by atoms with van der Waals surface area (Å²) in [5, 5.41) is 72.2. The zero-order valence-electron chi connectivity index (χ0n) is 45.6. The van der Waals surface area contributed by atoms with E-state index < -0.39 is 99.3 Å². The summed E-state index contributed by atoms with van der Waals surface area (Å²) in [6.07, 6.45) is 36.9. The highest BCUT2D eigenvalue weighted by Gasteiger charge is 2.47. The third-order valence-electron chi connectivity index (χ3n) is 13.5. The zero-order chi connectivity index (χ0) is 53.9. The highest BCUT2D eigenvalue weighted by molar-refractivity contribution is 5.70. The maximum Gasteiger partial charge on any atom is 0.306 e. The van der Waals surface area contributed by atoms with Gasteiger partial charge in [0.1, 0.15) is 55.4 Å². The van der Waals surface area contributed by atoms with Crippen molar-refractivity contribution in [2.45, 2.75) is 274 Å². The van der Waals surface area contributed by atoms with Crippen LogP contribution in [0.3, 0.4) is 0 Å². The fourth-order valence-corrected chi connectivity index (χ4v) is 8.78. The van der Waals surface area contributed by atoms with Gasteiger partial charge in [-0.1, -0.05) is 177 Å². The van der Waals surface area contributed by atoms with Gasteiger partial charge in [-0.2, -0.15) is 0 Å². The first kappa shape index (κ1) is 67.3. The van der Waals surface area contributed by atoms with E-state index in [0.29, 0.717) is 19.3 Å². The van der Waals surface area contributed by atoms with Crippen molar-refractivity contribution in [1.29, 1.82) is 0 Å². The Morgan fingerprint density at radius 1 is 0.446 bits per heavy atom. The Morgan fingerprint density at radius 2 is 0.878 bits per heavy atom. The lowest BCUT2D eigenvalue weighted by Crippen LogP contribution is -2.61. The minimum absolute atomic E-state index is 0.136. The summed E-state index contributed by atoms with van der Waals surface area (Å²) in [4.78, 5) is 25.8. The Kier molecular flexibility index (Phi) is 41.2. The molecule has 0 aromatic heterocycles. The van der Waals surface area contributed by atoms with E-state index in [1.54, 1.807) is 0 Å². The van der Waals surface area contributed by atoms with Crippen LogP contribution in [0.5, 0.6) is 0 Å². The largest absolute Gasteiger partial charge is 0.462 e. The van der Waals surface area contributed by atoms with Gasteiger partial charge in [0.15, 0.2) is 18.7 Å². The second-order valence-corrected chi connectivity index (χ2v) is 20.1. The molecule has 2 heterocycles. The fraction of sp³-hybridized carbons (Fsp3) is 0.797. The SMILES string of the molecule is CC/C=C/C/C=C/C/C=C/CCCCCCCC(=O)O[C@@H](COC(=O)CCC/C=C/CC/C=C/CCCCCCCCCCCCCCCC)CO[C@@H]1O[C@H](CO[C@@H]2O[C@H](CO)[C@H](O)C(O)C2O)[C@H](O)C(O)C1O. The number of esters is 2. The van der Waals surface area contributed by atoms with Gasteiger partial charge in [0.2, 0.25) is 0 Å². The van der Waals surface area contributed by atoms with Crippen molar-refractivity contribution in [3.05, 3.63) is 60.8 Å². The molecule has 0 amide bonds. The van der Waals surface area contributed by atoms with Crippen LogP contribution in [0.15, 0.2) is 60.8 Å². The molecular weight excluding hydrogens is 949 g/mol. The molecule has 0 bridgehead atoms. The molecule has 74 heavy (non-hydrogen) atoms. The number of allylic oxidation sites excluding steroid dienone is 10. The van der Waals surface area contributed by atoms with Gasteiger partial charge >= 0.3 is 11.9 Å². The van der Waals surface area contributed by atoms with Crippen LogP contribution in [0, 0.1) is 0 Å². The summed E-state index contributed by atoms with van der Waals surface area (Å²) in [5.74, 6) is -0.994. The van der Waals surface area contributed by atoms with E-state index in [4.69, 9.17) is 28.4 Å². The molecule has 2 aliphatic rings. The van der Waals surface area contributed by atoms with Crippen LogP contribution in [0.2, 0.25) is 0 Å². The number of hydrogen-bond donors (Lipinski definition) is 7. The highest BCUT2D eigenvalue weighted by atomic mass is 16.7. The Bertz CT molecular complexity index is 1520. The van der Waals surface area contributed by atoms with Gasteiger partial charge in [0.05, 0.1) is 19.8 Å². The van der Waals surface area contributed by atoms with Crippen LogP contribution in [0.4, 0.5) is 0 Å². The van der Waals surface area contributed by atoms with Crippen molar-refractivity contribution in [3.8, 4) is 0 Å². The minimum Gasteiger partial charge on any atom is -0.462 e. The van der Waals surface area contributed by atoms with Crippen LogP contribution in [-0.2, 0) is 38.0 Å². The average Bonchev–Trinajstić information content (AvgIpc) is 3.39. The van der Waals surface area contributed by atoms with Gasteiger partial charge in [0.25, 0.3) is 0 Å². The van der Waals surface area contributed by atoms with Crippen molar-refractivity contribution in [2.24, 2.45) is 0 Å². The van der Waals surface area contributed by atoms with Gasteiger partial charge < -0.3 is 64.2 Å². The molecule has 0 radical (unpaired) electrons. The molecule has 0 aliphatic carbocycles. The lowest BCUT2D eigenvalue weighted by Gasteiger charge is -2.42. The van der Waals surface area contributed by atoms with Crippen LogP contribution in [0.1, 0.15) is 206 Å².